The molecule has 0 saturated carbocycles. The summed E-state index contributed by atoms with van der Waals surface area (Å²) < 4.78 is 5.11. The predicted octanol–water partition coefficient (Wildman–Crippen LogP) is 0.682. The Kier molecular flexibility index (Phi) is 6.29. The molecule has 2 N–H and O–H groups in total. The van der Waals surface area contributed by atoms with E-state index in [1.165, 1.54) is 16.2 Å². The Bertz CT molecular complexity index is 1240. The molecule has 0 bridgehead atoms. The standard InChI is InChI=1S/C25H27N5O6/c1-14-18(13-21(32)36-14)28-23(33)19-7-4-12-29-20(31)9-8-17(25(35)30(19)29)27-24(34)22-16-6-3-2-5-15(16)10-11-26-22/h2-3,5-6,10-11,14,17-19H,4,7-9,12-13H2,1H3,(H,27,34)(H,28,33)/t14-,17-,18-,19-/m0/s1. The van der Waals surface area contributed by atoms with Crippen LogP contribution < -0.4 is 10.6 Å². The number of nitrogens with zero attached hydrogens (tertiary/aromatic N) is 3. The molecule has 4 atom stereocenters. The number of benzene rings is 1. The van der Waals surface area contributed by atoms with E-state index in [1.54, 1.807) is 25.1 Å². The Morgan fingerprint density at radius 1 is 1.08 bits per heavy atom. The fourth-order valence-corrected chi connectivity index (χ4v) is 5.06. The van der Waals surface area contributed by atoms with Crippen molar-refractivity contribution in [3.63, 3.8) is 0 Å². The highest BCUT2D eigenvalue weighted by Crippen LogP contribution is 2.26. The summed E-state index contributed by atoms with van der Waals surface area (Å²) in [6.45, 7) is 2.00. The highest BCUT2D eigenvalue weighted by atomic mass is 16.6. The Morgan fingerprint density at radius 3 is 2.67 bits per heavy atom. The second kappa shape index (κ2) is 9.56. The molecular weight excluding hydrogens is 466 g/mol. The molecule has 11 heteroatoms. The van der Waals surface area contributed by atoms with Crippen molar-refractivity contribution in [2.45, 2.75) is 63.3 Å². The molecule has 3 aliphatic rings. The van der Waals surface area contributed by atoms with Crippen LogP contribution in [0.3, 0.4) is 0 Å². The van der Waals surface area contributed by atoms with Crippen molar-refractivity contribution < 1.29 is 28.7 Å². The van der Waals surface area contributed by atoms with Crippen molar-refractivity contribution >= 4 is 40.4 Å². The van der Waals surface area contributed by atoms with Crippen LogP contribution in [0.1, 0.15) is 49.5 Å². The van der Waals surface area contributed by atoms with Crippen molar-refractivity contribution in [1.82, 2.24) is 25.6 Å². The smallest absolute Gasteiger partial charge is 0.308 e. The molecule has 1 aromatic heterocycles. The average Bonchev–Trinajstić information content (AvgIpc) is 3.14. The summed E-state index contributed by atoms with van der Waals surface area (Å²) in [6.07, 6.45) is 2.14. The summed E-state index contributed by atoms with van der Waals surface area (Å²) in [6, 6.07) is 6.64. The van der Waals surface area contributed by atoms with Gasteiger partial charge in [0, 0.05) is 24.5 Å². The summed E-state index contributed by atoms with van der Waals surface area (Å²) in [5, 5.41) is 9.55. The third-order valence-electron chi connectivity index (χ3n) is 6.96. The summed E-state index contributed by atoms with van der Waals surface area (Å²) in [4.78, 5) is 68.7. The Morgan fingerprint density at radius 2 is 1.89 bits per heavy atom. The molecule has 3 aliphatic heterocycles. The third kappa shape index (κ3) is 4.36. The SMILES string of the molecule is C[C@@H]1OC(=O)C[C@@H]1NC(=O)[C@@H]1CCCN2C(=O)CC[C@H](NC(=O)c3nccc4ccccc34)C(=O)N12. The van der Waals surface area contributed by atoms with Gasteiger partial charge >= 0.3 is 5.97 Å². The predicted molar refractivity (Wildman–Crippen MR) is 126 cm³/mol. The van der Waals surface area contributed by atoms with Gasteiger partial charge in [0.25, 0.3) is 11.8 Å². The first-order valence-corrected chi connectivity index (χ1v) is 12.1. The number of nitrogens with one attached hydrogen (secondary N) is 2. The lowest BCUT2D eigenvalue weighted by Crippen LogP contribution is -2.64. The minimum Gasteiger partial charge on any atom is -0.460 e. The van der Waals surface area contributed by atoms with Gasteiger partial charge in [-0.1, -0.05) is 24.3 Å². The molecule has 11 nitrogen and oxygen atoms in total. The van der Waals surface area contributed by atoms with Gasteiger partial charge in [0.05, 0.1) is 12.5 Å². The molecule has 3 saturated heterocycles. The number of hydrogen-bond donors (Lipinski definition) is 2. The lowest BCUT2D eigenvalue weighted by molar-refractivity contribution is -0.176. The molecule has 5 rings (SSSR count). The van der Waals surface area contributed by atoms with Gasteiger partial charge < -0.3 is 15.4 Å². The normalized spacial score (nSPS) is 26.3. The second-order valence-corrected chi connectivity index (χ2v) is 9.32. The lowest BCUT2D eigenvalue weighted by atomic mass is 10.0. The topological polar surface area (TPSA) is 138 Å². The minimum atomic E-state index is -1.00. The molecule has 0 spiro atoms. The number of hydrazine groups is 1. The molecule has 4 heterocycles. The van der Waals surface area contributed by atoms with E-state index in [2.05, 4.69) is 15.6 Å². The van der Waals surface area contributed by atoms with Crippen LogP contribution in [0, 0.1) is 0 Å². The zero-order chi connectivity index (χ0) is 25.4. The fraction of sp³-hybridized carbons (Fsp3) is 0.440. The number of esters is 1. The highest BCUT2D eigenvalue weighted by molar-refractivity contribution is 6.06. The molecule has 4 amide bonds. The number of hydrogen-bond acceptors (Lipinski definition) is 7. The average molecular weight is 494 g/mol. The van der Waals surface area contributed by atoms with Gasteiger partial charge in [-0.25, -0.2) is 5.01 Å². The van der Waals surface area contributed by atoms with Crippen molar-refractivity contribution in [2.24, 2.45) is 0 Å². The number of carbonyl (C=O) groups is 5. The van der Waals surface area contributed by atoms with Gasteiger partial charge in [-0.05, 0) is 37.6 Å². The first kappa shape index (κ1) is 23.7. The first-order chi connectivity index (χ1) is 17.3. The van der Waals surface area contributed by atoms with Gasteiger partial charge in [0.2, 0.25) is 11.8 Å². The number of aromatic nitrogens is 1. The number of pyridine rings is 1. The van der Waals surface area contributed by atoms with Gasteiger partial charge in [0.1, 0.15) is 23.9 Å². The lowest BCUT2D eigenvalue weighted by Gasteiger charge is -2.43. The van der Waals surface area contributed by atoms with Crippen LogP contribution in [-0.2, 0) is 23.9 Å². The first-order valence-electron chi connectivity index (χ1n) is 12.1. The van der Waals surface area contributed by atoms with E-state index in [1.807, 2.05) is 12.1 Å². The van der Waals surface area contributed by atoms with E-state index in [0.717, 1.165) is 5.39 Å². The van der Waals surface area contributed by atoms with Crippen LogP contribution in [0.25, 0.3) is 10.8 Å². The zero-order valence-electron chi connectivity index (χ0n) is 19.8. The maximum Gasteiger partial charge on any atom is 0.308 e. The molecule has 3 fully saturated rings. The number of rotatable bonds is 4. The largest absolute Gasteiger partial charge is 0.460 e. The number of amides is 4. The van der Waals surface area contributed by atoms with E-state index >= 15 is 0 Å². The van der Waals surface area contributed by atoms with Gasteiger partial charge in [-0.15, -0.1) is 0 Å². The number of carbonyl (C=O) groups excluding carboxylic acids is 5. The van der Waals surface area contributed by atoms with Gasteiger partial charge in [0.15, 0.2) is 0 Å². The monoisotopic (exact) mass is 493 g/mol. The van der Waals surface area contributed by atoms with E-state index in [4.69, 9.17) is 4.74 Å². The van der Waals surface area contributed by atoms with Crippen molar-refractivity contribution in [3.05, 3.63) is 42.2 Å². The van der Waals surface area contributed by atoms with Crippen molar-refractivity contribution in [3.8, 4) is 0 Å². The molecule has 0 unspecified atom stereocenters. The summed E-state index contributed by atoms with van der Waals surface area (Å²) in [5.74, 6) is -2.20. The second-order valence-electron chi connectivity index (χ2n) is 9.32. The fourth-order valence-electron chi connectivity index (χ4n) is 5.06. The summed E-state index contributed by atoms with van der Waals surface area (Å²) in [7, 11) is 0. The van der Waals surface area contributed by atoms with Crippen LogP contribution in [-0.4, -0.2) is 75.4 Å². The maximum absolute atomic E-state index is 13.7. The molecule has 2 aromatic rings. The molecule has 36 heavy (non-hydrogen) atoms. The minimum absolute atomic E-state index is 0.0481. The van der Waals surface area contributed by atoms with E-state index in [-0.39, 0.29) is 30.9 Å². The Labute approximate surface area is 207 Å². The van der Waals surface area contributed by atoms with Crippen molar-refractivity contribution in [2.75, 3.05) is 6.54 Å². The summed E-state index contributed by atoms with van der Waals surface area (Å²) >= 11 is 0. The van der Waals surface area contributed by atoms with Crippen LogP contribution in [0.15, 0.2) is 36.5 Å². The van der Waals surface area contributed by atoms with E-state index in [9.17, 15) is 24.0 Å². The van der Waals surface area contributed by atoms with Crippen LogP contribution >= 0.6 is 0 Å². The molecule has 188 valence electrons. The Balaban J connectivity index is 1.38. The highest BCUT2D eigenvalue weighted by Gasteiger charge is 2.45. The molecule has 0 aliphatic carbocycles. The summed E-state index contributed by atoms with van der Waals surface area (Å²) in [5.41, 5.74) is 0.182. The van der Waals surface area contributed by atoms with Gasteiger partial charge in [-0.3, -0.25) is 34.0 Å². The molecule has 0 radical (unpaired) electrons. The van der Waals surface area contributed by atoms with Crippen LogP contribution in [0.2, 0.25) is 0 Å². The molecular formula is C25H27N5O6. The van der Waals surface area contributed by atoms with Gasteiger partial charge in [-0.2, -0.15) is 0 Å². The third-order valence-corrected chi connectivity index (χ3v) is 6.96. The Hall–Kier alpha value is -4.02. The van der Waals surface area contributed by atoms with Crippen LogP contribution in [0.5, 0.6) is 0 Å². The quantitative estimate of drug-likeness (QED) is 0.598. The molecule has 1 aromatic carbocycles. The van der Waals surface area contributed by atoms with E-state index < -0.39 is 47.9 Å². The van der Waals surface area contributed by atoms with Crippen molar-refractivity contribution in [1.29, 1.82) is 0 Å². The van der Waals surface area contributed by atoms with E-state index in [0.29, 0.717) is 24.8 Å². The number of fused-ring (bicyclic) bond motifs is 2. The number of cyclic esters (lactones) is 1. The zero-order valence-corrected chi connectivity index (χ0v) is 19.8. The maximum atomic E-state index is 13.7. The van der Waals surface area contributed by atoms with Crippen LogP contribution in [0.4, 0.5) is 0 Å². The number of ether oxygens (including phenoxy) is 1.